The number of carbonyl (C=O) groups excluding carboxylic acids is 2. The number of aromatic nitrogens is 1. The predicted octanol–water partition coefficient (Wildman–Crippen LogP) is 1.67. The number of benzene rings is 2. The zero-order chi connectivity index (χ0) is 20.1. The molecular formula is C21H19N4O3-. The van der Waals surface area contributed by atoms with Gasteiger partial charge in [0.05, 0.1) is 17.9 Å². The first-order valence-corrected chi connectivity index (χ1v) is 8.55. The van der Waals surface area contributed by atoms with Gasteiger partial charge in [0.1, 0.15) is 0 Å². The van der Waals surface area contributed by atoms with Crippen molar-refractivity contribution in [2.45, 2.75) is 0 Å². The van der Waals surface area contributed by atoms with Gasteiger partial charge >= 0.3 is 0 Å². The van der Waals surface area contributed by atoms with Crippen molar-refractivity contribution in [3.63, 3.8) is 0 Å². The first-order valence-electron chi connectivity index (χ1n) is 8.55. The Hall–Kier alpha value is -3.87. The third kappa shape index (κ3) is 4.27. The van der Waals surface area contributed by atoms with Crippen molar-refractivity contribution in [2.24, 2.45) is 5.10 Å². The maximum absolute atomic E-state index is 12.3. The lowest BCUT2D eigenvalue weighted by Crippen LogP contribution is -2.22. The minimum atomic E-state index is -1.22. The standard InChI is InChI=1S/C21H20N4O3/c1-24(2)18-6-3-5-16(13-18)20(26)23-22-14-19-7-4-12-25(19)17-10-8-15(9-11-17)21(27)28/h3-14H,1-2H3,(H,23,26)(H,27,28)/p-1/b22-14-. The Balaban J connectivity index is 1.72. The summed E-state index contributed by atoms with van der Waals surface area (Å²) in [6.45, 7) is 0. The maximum Gasteiger partial charge on any atom is 0.271 e. The van der Waals surface area contributed by atoms with Gasteiger partial charge in [-0.1, -0.05) is 18.2 Å². The first-order chi connectivity index (χ1) is 13.5. The molecule has 7 heteroatoms. The van der Waals surface area contributed by atoms with Gasteiger partial charge in [0, 0.05) is 37.2 Å². The Morgan fingerprint density at radius 3 is 2.46 bits per heavy atom. The molecule has 7 nitrogen and oxygen atoms in total. The Labute approximate surface area is 162 Å². The van der Waals surface area contributed by atoms with Crippen LogP contribution in [0.15, 0.2) is 72.0 Å². The smallest absolute Gasteiger partial charge is 0.271 e. The van der Waals surface area contributed by atoms with Gasteiger partial charge in [0.25, 0.3) is 5.91 Å². The van der Waals surface area contributed by atoms with Crippen molar-refractivity contribution in [1.82, 2.24) is 9.99 Å². The Kier molecular flexibility index (Phi) is 5.55. The van der Waals surface area contributed by atoms with Crippen LogP contribution in [0.25, 0.3) is 5.69 Å². The largest absolute Gasteiger partial charge is 0.545 e. The molecule has 1 aromatic heterocycles. The van der Waals surface area contributed by atoms with Crippen LogP contribution in [0.2, 0.25) is 0 Å². The van der Waals surface area contributed by atoms with Gasteiger partial charge < -0.3 is 19.4 Å². The van der Waals surface area contributed by atoms with Gasteiger partial charge in [-0.2, -0.15) is 5.10 Å². The average Bonchev–Trinajstić information content (AvgIpc) is 3.16. The molecule has 0 unspecified atom stereocenters. The van der Waals surface area contributed by atoms with E-state index < -0.39 is 5.97 Å². The van der Waals surface area contributed by atoms with E-state index in [4.69, 9.17) is 0 Å². The number of anilines is 1. The van der Waals surface area contributed by atoms with Crippen LogP contribution in [-0.2, 0) is 0 Å². The SMILES string of the molecule is CN(C)c1cccc(C(=O)N/N=C\c2cccn2-c2ccc(C(=O)[O-])cc2)c1. The van der Waals surface area contributed by atoms with Crippen LogP contribution in [0.5, 0.6) is 0 Å². The Morgan fingerprint density at radius 1 is 1.04 bits per heavy atom. The summed E-state index contributed by atoms with van der Waals surface area (Å²) in [6.07, 6.45) is 3.35. The van der Waals surface area contributed by atoms with Gasteiger partial charge in [-0.25, -0.2) is 5.43 Å². The highest BCUT2D eigenvalue weighted by Gasteiger charge is 2.06. The van der Waals surface area contributed by atoms with E-state index in [1.54, 1.807) is 24.3 Å². The van der Waals surface area contributed by atoms with Crippen molar-refractivity contribution in [2.75, 3.05) is 19.0 Å². The highest BCUT2D eigenvalue weighted by atomic mass is 16.4. The monoisotopic (exact) mass is 375 g/mol. The summed E-state index contributed by atoms with van der Waals surface area (Å²) in [5.41, 5.74) is 5.55. The summed E-state index contributed by atoms with van der Waals surface area (Å²) in [7, 11) is 3.81. The number of rotatable bonds is 6. The number of nitrogens with one attached hydrogen (secondary N) is 1. The van der Waals surface area contributed by atoms with Crippen LogP contribution < -0.4 is 15.4 Å². The number of hydrogen-bond donors (Lipinski definition) is 1. The van der Waals surface area contributed by atoms with Gasteiger partial charge in [0.2, 0.25) is 0 Å². The third-order valence-corrected chi connectivity index (χ3v) is 4.15. The van der Waals surface area contributed by atoms with Gasteiger partial charge in [-0.15, -0.1) is 0 Å². The molecule has 0 saturated heterocycles. The van der Waals surface area contributed by atoms with Crippen LogP contribution in [0.4, 0.5) is 5.69 Å². The molecule has 0 saturated carbocycles. The lowest BCUT2D eigenvalue weighted by molar-refractivity contribution is -0.255. The molecule has 0 atom stereocenters. The molecule has 0 aliphatic carbocycles. The summed E-state index contributed by atoms with van der Waals surface area (Å²) in [6, 6.07) is 17.2. The lowest BCUT2D eigenvalue weighted by atomic mass is 10.2. The number of aromatic carboxylic acids is 1. The highest BCUT2D eigenvalue weighted by Crippen LogP contribution is 2.14. The number of nitrogens with zero attached hydrogens (tertiary/aromatic N) is 3. The molecular weight excluding hydrogens is 356 g/mol. The summed E-state index contributed by atoms with van der Waals surface area (Å²) in [5.74, 6) is -1.53. The van der Waals surface area contributed by atoms with Crippen molar-refractivity contribution >= 4 is 23.8 Å². The summed E-state index contributed by atoms with van der Waals surface area (Å²) in [5, 5.41) is 14.9. The second-order valence-corrected chi connectivity index (χ2v) is 6.28. The van der Waals surface area contributed by atoms with E-state index in [-0.39, 0.29) is 11.5 Å². The first kappa shape index (κ1) is 18.9. The lowest BCUT2D eigenvalue weighted by Gasteiger charge is -2.12. The van der Waals surface area contributed by atoms with Crippen LogP contribution >= 0.6 is 0 Å². The quantitative estimate of drug-likeness (QED) is 0.524. The molecule has 142 valence electrons. The zero-order valence-electron chi connectivity index (χ0n) is 15.5. The summed E-state index contributed by atoms with van der Waals surface area (Å²) >= 11 is 0. The fourth-order valence-corrected chi connectivity index (χ4v) is 2.64. The highest BCUT2D eigenvalue weighted by molar-refractivity contribution is 5.95. The van der Waals surface area contributed by atoms with Crippen molar-refractivity contribution in [3.8, 4) is 5.69 Å². The Bertz CT molecular complexity index is 1020. The van der Waals surface area contributed by atoms with Gasteiger partial charge in [-0.3, -0.25) is 4.79 Å². The van der Waals surface area contributed by atoms with E-state index >= 15 is 0 Å². The van der Waals surface area contributed by atoms with E-state index in [1.165, 1.54) is 18.3 Å². The molecule has 0 bridgehead atoms. The van der Waals surface area contributed by atoms with Crippen LogP contribution in [-0.4, -0.2) is 36.8 Å². The minimum absolute atomic E-state index is 0.110. The number of hydrazone groups is 1. The second kappa shape index (κ2) is 8.22. The van der Waals surface area contributed by atoms with E-state index in [0.717, 1.165) is 17.1 Å². The van der Waals surface area contributed by atoms with E-state index in [1.807, 2.05) is 54.0 Å². The Morgan fingerprint density at radius 2 is 1.79 bits per heavy atom. The molecule has 0 aliphatic rings. The topological polar surface area (TPSA) is 89.8 Å². The summed E-state index contributed by atoms with van der Waals surface area (Å²) < 4.78 is 1.82. The number of amides is 1. The molecule has 1 amide bonds. The van der Waals surface area contributed by atoms with Crippen molar-refractivity contribution in [1.29, 1.82) is 0 Å². The number of carboxylic acid groups (broad SMARTS) is 1. The molecule has 28 heavy (non-hydrogen) atoms. The fraction of sp³-hybridized carbons (Fsp3) is 0.0952. The van der Waals surface area contributed by atoms with E-state index in [0.29, 0.717) is 5.56 Å². The van der Waals surface area contributed by atoms with Crippen LogP contribution in [0, 0.1) is 0 Å². The van der Waals surface area contributed by atoms with Gasteiger partial charge in [0.15, 0.2) is 0 Å². The molecule has 0 spiro atoms. The molecule has 0 fully saturated rings. The molecule has 3 rings (SSSR count). The number of carbonyl (C=O) groups is 2. The normalized spacial score (nSPS) is 10.8. The molecule has 3 aromatic rings. The molecule has 1 N–H and O–H groups in total. The van der Waals surface area contributed by atoms with E-state index in [2.05, 4.69) is 10.5 Å². The third-order valence-electron chi connectivity index (χ3n) is 4.15. The second-order valence-electron chi connectivity index (χ2n) is 6.28. The van der Waals surface area contributed by atoms with Gasteiger partial charge in [-0.05, 0) is 48.0 Å². The molecule has 0 radical (unpaired) electrons. The number of hydrogen-bond acceptors (Lipinski definition) is 5. The predicted molar refractivity (Wildman–Crippen MR) is 106 cm³/mol. The summed E-state index contributed by atoms with van der Waals surface area (Å²) in [4.78, 5) is 25.1. The minimum Gasteiger partial charge on any atom is -0.545 e. The maximum atomic E-state index is 12.3. The average molecular weight is 375 g/mol. The fourth-order valence-electron chi connectivity index (χ4n) is 2.64. The number of carboxylic acids is 1. The van der Waals surface area contributed by atoms with Crippen molar-refractivity contribution < 1.29 is 14.7 Å². The van der Waals surface area contributed by atoms with E-state index in [9.17, 15) is 14.7 Å². The molecule has 1 heterocycles. The van der Waals surface area contributed by atoms with Crippen LogP contribution in [0.3, 0.4) is 0 Å². The molecule has 0 aliphatic heterocycles. The zero-order valence-corrected chi connectivity index (χ0v) is 15.5. The van der Waals surface area contributed by atoms with Crippen LogP contribution in [0.1, 0.15) is 26.4 Å². The molecule has 2 aromatic carbocycles. The van der Waals surface area contributed by atoms with Crippen molar-refractivity contribution in [3.05, 3.63) is 83.7 Å².